The van der Waals surface area contributed by atoms with Crippen LogP contribution in [0, 0.1) is 10.8 Å². The average Bonchev–Trinajstić information content (AvgIpc) is 2.91. The summed E-state index contributed by atoms with van der Waals surface area (Å²) in [5, 5.41) is 0. The zero-order chi connectivity index (χ0) is 27.7. The van der Waals surface area contributed by atoms with Crippen LogP contribution in [-0.4, -0.2) is 25.2 Å². The zero-order valence-corrected chi connectivity index (χ0v) is 24.4. The summed E-state index contributed by atoms with van der Waals surface area (Å²) < 4.78 is 10.8. The molecule has 204 valence electrons. The molecule has 0 saturated heterocycles. The normalized spacial score (nSPS) is 12.3. The first-order chi connectivity index (χ1) is 17.6. The maximum absolute atomic E-state index is 12.7. The van der Waals surface area contributed by atoms with Crippen LogP contribution in [-0.2, 0) is 37.3 Å². The minimum atomic E-state index is -0.474. The topological polar surface area (TPSA) is 52.6 Å². The molecule has 0 aliphatic heterocycles. The number of benzene rings is 2. The molecule has 0 aliphatic rings. The smallest absolute Gasteiger partial charge is 0.312 e. The molecule has 2 aromatic rings. The Kier molecular flexibility index (Phi) is 11.0. The molecule has 0 unspecified atom stereocenters. The summed E-state index contributed by atoms with van der Waals surface area (Å²) in [6, 6.07) is 17.4. The Morgan fingerprint density at radius 1 is 0.568 bits per heavy atom. The third-order valence-electron chi connectivity index (χ3n) is 8.56. The Morgan fingerprint density at radius 3 is 1.11 bits per heavy atom. The fourth-order valence-electron chi connectivity index (χ4n) is 5.32. The van der Waals surface area contributed by atoms with Gasteiger partial charge in [-0.1, -0.05) is 90.1 Å². The maximum Gasteiger partial charge on any atom is 0.312 e. The second-order valence-electron chi connectivity index (χ2n) is 10.8. The Bertz CT molecular complexity index is 912. The van der Waals surface area contributed by atoms with E-state index >= 15 is 0 Å². The lowest BCUT2D eigenvalue weighted by atomic mass is 9.74. The SMILES string of the molecule is CCOC(=O)C(CC)(CC)Cc1ccc(C(C)(C)c2ccc(CC(CC)(CC)C(=O)OCC)cc2)cc1. The third-order valence-corrected chi connectivity index (χ3v) is 8.56. The average molecular weight is 509 g/mol. The van der Waals surface area contributed by atoms with E-state index in [4.69, 9.17) is 9.47 Å². The van der Waals surface area contributed by atoms with Gasteiger partial charge in [0.25, 0.3) is 0 Å². The van der Waals surface area contributed by atoms with Crippen LogP contribution in [0.1, 0.15) is 103 Å². The number of ether oxygens (including phenoxy) is 2. The number of rotatable bonds is 14. The standard InChI is InChI=1S/C33H48O4/c1-9-32(10-2,29(34)36-13-5)23-25-15-19-27(20-16-25)31(7,8)28-21-17-26(18-22-28)24-33(11-3,12-4)30(35)37-14-6/h15-22H,9-14,23-24H2,1-8H3. The maximum atomic E-state index is 12.7. The van der Waals surface area contributed by atoms with Crippen molar-refractivity contribution in [2.45, 2.75) is 99.3 Å². The van der Waals surface area contributed by atoms with Crippen LogP contribution in [0.3, 0.4) is 0 Å². The quantitative estimate of drug-likeness (QED) is 0.244. The molecule has 0 atom stereocenters. The van der Waals surface area contributed by atoms with Crippen molar-refractivity contribution in [1.29, 1.82) is 0 Å². The molecule has 0 aliphatic carbocycles. The lowest BCUT2D eigenvalue weighted by Crippen LogP contribution is -2.34. The Morgan fingerprint density at radius 2 is 0.865 bits per heavy atom. The van der Waals surface area contributed by atoms with Gasteiger partial charge >= 0.3 is 11.9 Å². The van der Waals surface area contributed by atoms with E-state index in [9.17, 15) is 9.59 Å². The molecule has 0 saturated carbocycles. The van der Waals surface area contributed by atoms with Crippen LogP contribution in [0.2, 0.25) is 0 Å². The minimum absolute atomic E-state index is 0.0948. The van der Waals surface area contributed by atoms with Crippen LogP contribution in [0.25, 0.3) is 0 Å². The van der Waals surface area contributed by atoms with E-state index in [0.717, 1.165) is 36.8 Å². The van der Waals surface area contributed by atoms with Crippen LogP contribution >= 0.6 is 0 Å². The summed E-state index contributed by atoms with van der Waals surface area (Å²) in [4.78, 5) is 25.4. The number of hydrogen-bond acceptors (Lipinski definition) is 4. The van der Waals surface area contributed by atoms with Crippen molar-refractivity contribution in [3.63, 3.8) is 0 Å². The molecule has 0 heterocycles. The van der Waals surface area contributed by atoms with E-state index in [1.54, 1.807) is 0 Å². The molecule has 0 bridgehead atoms. The predicted molar refractivity (Wildman–Crippen MR) is 152 cm³/mol. The molecule has 0 radical (unpaired) electrons. The predicted octanol–water partition coefficient (Wildman–Crippen LogP) is 7.84. The van der Waals surface area contributed by atoms with Gasteiger partial charge in [0.1, 0.15) is 0 Å². The van der Waals surface area contributed by atoms with Crippen LogP contribution < -0.4 is 0 Å². The summed E-state index contributed by atoms with van der Waals surface area (Å²) in [5.41, 5.74) is 3.63. The highest BCUT2D eigenvalue weighted by molar-refractivity contribution is 5.77. The van der Waals surface area contributed by atoms with Gasteiger partial charge in [-0.3, -0.25) is 9.59 Å². The minimum Gasteiger partial charge on any atom is -0.466 e. The largest absolute Gasteiger partial charge is 0.466 e. The molecule has 2 rings (SSSR count). The van der Waals surface area contributed by atoms with Crippen LogP contribution in [0.15, 0.2) is 48.5 Å². The van der Waals surface area contributed by atoms with E-state index in [2.05, 4.69) is 90.1 Å². The second-order valence-corrected chi connectivity index (χ2v) is 10.8. The number of esters is 2. The van der Waals surface area contributed by atoms with Crippen LogP contribution in [0.4, 0.5) is 0 Å². The van der Waals surface area contributed by atoms with E-state index in [1.165, 1.54) is 11.1 Å². The van der Waals surface area contributed by atoms with Gasteiger partial charge in [-0.05, 0) is 74.6 Å². The Balaban J connectivity index is 2.24. The lowest BCUT2D eigenvalue weighted by Gasteiger charge is -2.31. The van der Waals surface area contributed by atoms with E-state index < -0.39 is 10.8 Å². The molecule has 0 N–H and O–H groups in total. The molecule has 2 aromatic carbocycles. The first-order valence-electron chi connectivity index (χ1n) is 14.1. The highest BCUT2D eigenvalue weighted by Crippen LogP contribution is 2.37. The van der Waals surface area contributed by atoms with Gasteiger partial charge in [0.2, 0.25) is 0 Å². The molecule has 4 nitrogen and oxygen atoms in total. The first-order valence-corrected chi connectivity index (χ1v) is 14.1. The van der Waals surface area contributed by atoms with Crippen molar-refractivity contribution in [2.75, 3.05) is 13.2 Å². The molecule has 0 amide bonds. The molecule has 4 heteroatoms. The molecule has 0 spiro atoms. The lowest BCUT2D eigenvalue weighted by molar-refractivity contribution is -0.156. The summed E-state index contributed by atoms with van der Waals surface area (Å²) in [5.74, 6) is -0.190. The van der Waals surface area contributed by atoms with Crippen molar-refractivity contribution < 1.29 is 19.1 Å². The van der Waals surface area contributed by atoms with Gasteiger partial charge in [0.05, 0.1) is 24.0 Å². The van der Waals surface area contributed by atoms with Gasteiger partial charge in [-0.15, -0.1) is 0 Å². The number of hydrogen-bond donors (Lipinski definition) is 0. The second kappa shape index (κ2) is 13.3. The third kappa shape index (κ3) is 6.83. The summed E-state index contributed by atoms with van der Waals surface area (Å²) >= 11 is 0. The molecule has 37 heavy (non-hydrogen) atoms. The zero-order valence-electron chi connectivity index (χ0n) is 24.4. The van der Waals surface area contributed by atoms with Crippen molar-refractivity contribution in [2.24, 2.45) is 10.8 Å². The first kappa shape index (κ1) is 30.6. The fraction of sp³-hybridized carbons (Fsp3) is 0.576. The van der Waals surface area contributed by atoms with Crippen molar-refractivity contribution in [1.82, 2.24) is 0 Å². The summed E-state index contributed by atoms with van der Waals surface area (Å²) in [6.07, 6.45) is 4.41. The Labute approximate surface area is 225 Å². The Hall–Kier alpha value is -2.62. The molecule has 0 aromatic heterocycles. The molecular weight excluding hydrogens is 460 g/mol. The number of carbonyl (C=O) groups excluding carboxylic acids is 2. The number of carbonyl (C=O) groups is 2. The molecule has 0 fully saturated rings. The van der Waals surface area contributed by atoms with E-state index in [-0.39, 0.29) is 17.4 Å². The van der Waals surface area contributed by atoms with Crippen molar-refractivity contribution in [3.05, 3.63) is 70.8 Å². The summed E-state index contributed by atoms with van der Waals surface area (Å²) in [7, 11) is 0. The monoisotopic (exact) mass is 508 g/mol. The molecular formula is C33H48O4. The van der Waals surface area contributed by atoms with Gasteiger partial charge < -0.3 is 9.47 Å². The fourth-order valence-corrected chi connectivity index (χ4v) is 5.32. The van der Waals surface area contributed by atoms with Gasteiger partial charge in [0, 0.05) is 5.41 Å². The highest BCUT2D eigenvalue weighted by Gasteiger charge is 2.37. The van der Waals surface area contributed by atoms with Gasteiger partial charge in [-0.2, -0.15) is 0 Å². The summed E-state index contributed by atoms with van der Waals surface area (Å²) in [6.45, 7) is 17.3. The van der Waals surface area contributed by atoms with Crippen molar-refractivity contribution >= 4 is 11.9 Å². The van der Waals surface area contributed by atoms with E-state index in [1.807, 2.05) is 13.8 Å². The van der Waals surface area contributed by atoms with Crippen molar-refractivity contribution in [3.8, 4) is 0 Å². The van der Waals surface area contributed by atoms with Gasteiger partial charge in [-0.25, -0.2) is 0 Å². The van der Waals surface area contributed by atoms with E-state index in [0.29, 0.717) is 26.1 Å². The van der Waals surface area contributed by atoms with Gasteiger partial charge in [0.15, 0.2) is 0 Å². The van der Waals surface area contributed by atoms with Crippen LogP contribution in [0.5, 0.6) is 0 Å². The highest BCUT2D eigenvalue weighted by atomic mass is 16.5.